The van der Waals surface area contributed by atoms with Gasteiger partial charge in [-0.2, -0.15) is 5.26 Å². The van der Waals surface area contributed by atoms with Gasteiger partial charge in [0.15, 0.2) is 11.7 Å². The molecule has 1 aromatic carbocycles. The number of nitriles is 1. The first-order chi connectivity index (χ1) is 15.2. The average Bonchev–Trinajstić information content (AvgIpc) is 2.76. The van der Waals surface area contributed by atoms with Gasteiger partial charge in [0.2, 0.25) is 5.91 Å². The standard InChI is InChI=1S/C20H26N6O6/c1-10(28)25-16-13(26-20(22)23)6-15(32-18(16)17(30)14(29)9-27)19(31)24-8-12-5-3-2-4-11(12)7-21/h2-6,13-14,16-18,27,29-30H,8-9H2,1H3,(H,24,31)(H,25,28)(H4,22,23,26)/t13-,14+,16+,17+,18+/m0/s1. The number of aliphatic imine (C=N–C) groups is 1. The summed E-state index contributed by atoms with van der Waals surface area (Å²) in [4.78, 5) is 28.4. The zero-order valence-corrected chi connectivity index (χ0v) is 17.3. The molecule has 0 saturated carbocycles. The van der Waals surface area contributed by atoms with Crippen LogP contribution in [0.5, 0.6) is 0 Å². The second-order valence-electron chi connectivity index (χ2n) is 7.08. The molecule has 172 valence electrons. The van der Waals surface area contributed by atoms with E-state index in [0.29, 0.717) is 11.1 Å². The third kappa shape index (κ3) is 6.17. The van der Waals surface area contributed by atoms with Crippen molar-refractivity contribution in [2.75, 3.05) is 6.61 Å². The van der Waals surface area contributed by atoms with E-state index in [2.05, 4.69) is 15.6 Å². The number of nitrogens with two attached hydrogens (primary N) is 2. The average molecular weight is 446 g/mol. The Morgan fingerprint density at radius 2 is 2.00 bits per heavy atom. The number of guanidine groups is 1. The Labute approximate surface area is 184 Å². The van der Waals surface area contributed by atoms with E-state index in [0.717, 1.165) is 0 Å². The topological polar surface area (TPSA) is 216 Å². The minimum atomic E-state index is -1.69. The zero-order valence-electron chi connectivity index (χ0n) is 17.3. The van der Waals surface area contributed by atoms with Gasteiger partial charge in [-0.15, -0.1) is 0 Å². The van der Waals surface area contributed by atoms with E-state index in [4.69, 9.17) is 16.2 Å². The number of carbonyl (C=O) groups is 2. The maximum atomic E-state index is 12.8. The number of benzene rings is 1. The number of nitrogens with zero attached hydrogens (tertiary/aromatic N) is 2. The number of aliphatic hydroxyl groups excluding tert-OH is 3. The highest BCUT2D eigenvalue weighted by Crippen LogP contribution is 2.25. The van der Waals surface area contributed by atoms with Gasteiger partial charge in [-0.3, -0.25) is 9.59 Å². The molecule has 0 fully saturated rings. The summed E-state index contributed by atoms with van der Waals surface area (Å²) in [5, 5.41) is 43.9. The Morgan fingerprint density at radius 1 is 1.31 bits per heavy atom. The number of carbonyl (C=O) groups excluding carboxylic acids is 2. The highest BCUT2D eigenvalue weighted by atomic mass is 16.5. The highest BCUT2D eigenvalue weighted by Gasteiger charge is 2.43. The van der Waals surface area contributed by atoms with Gasteiger partial charge in [-0.1, -0.05) is 18.2 Å². The highest BCUT2D eigenvalue weighted by molar-refractivity contribution is 5.92. The number of amides is 2. The fraction of sp³-hybridized carbons (Fsp3) is 0.400. The lowest BCUT2D eigenvalue weighted by atomic mass is 9.92. The molecule has 0 saturated heterocycles. The molecule has 0 radical (unpaired) electrons. The van der Waals surface area contributed by atoms with E-state index < -0.39 is 48.8 Å². The largest absolute Gasteiger partial charge is 0.480 e. The van der Waals surface area contributed by atoms with Crippen molar-refractivity contribution in [2.45, 2.75) is 43.9 Å². The zero-order chi connectivity index (χ0) is 23.8. The molecule has 2 amide bonds. The Kier molecular flexibility index (Phi) is 8.54. The molecule has 0 aromatic heterocycles. The lowest BCUT2D eigenvalue weighted by molar-refractivity contribution is -0.134. The van der Waals surface area contributed by atoms with Crippen LogP contribution in [0.3, 0.4) is 0 Å². The van der Waals surface area contributed by atoms with E-state index in [1.54, 1.807) is 24.3 Å². The number of hydrogen-bond donors (Lipinski definition) is 7. The molecule has 2 rings (SSSR count). The van der Waals surface area contributed by atoms with Gasteiger partial charge in [-0.25, -0.2) is 4.99 Å². The van der Waals surface area contributed by atoms with Crippen LogP contribution in [0.2, 0.25) is 0 Å². The molecule has 9 N–H and O–H groups in total. The van der Waals surface area contributed by atoms with Crippen LogP contribution in [0.1, 0.15) is 18.1 Å². The van der Waals surface area contributed by atoms with Gasteiger partial charge in [0, 0.05) is 13.5 Å². The summed E-state index contributed by atoms with van der Waals surface area (Å²) in [5.74, 6) is -1.82. The number of hydrogen-bond acceptors (Lipinski definition) is 8. The second kappa shape index (κ2) is 11.1. The summed E-state index contributed by atoms with van der Waals surface area (Å²) < 4.78 is 5.60. The summed E-state index contributed by atoms with van der Waals surface area (Å²) in [6.07, 6.45) is -3.42. The van der Waals surface area contributed by atoms with Gasteiger partial charge in [0.25, 0.3) is 5.91 Å². The van der Waals surface area contributed by atoms with E-state index in [9.17, 15) is 30.2 Å². The van der Waals surface area contributed by atoms with Gasteiger partial charge in [-0.05, 0) is 17.7 Å². The minimum absolute atomic E-state index is 0.0117. The summed E-state index contributed by atoms with van der Waals surface area (Å²) >= 11 is 0. The van der Waals surface area contributed by atoms with E-state index in [1.807, 2.05) is 6.07 Å². The van der Waals surface area contributed by atoms with Crippen LogP contribution in [0.4, 0.5) is 0 Å². The number of rotatable bonds is 8. The van der Waals surface area contributed by atoms with Crippen molar-refractivity contribution in [3.8, 4) is 6.07 Å². The first kappa shape index (κ1) is 24.6. The molecule has 0 aliphatic carbocycles. The van der Waals surface area contributed by atoms with Crippen molar-refractivity contribution in [3.05, 3.63) is 47.2 Å². The summed E-state index contributed by atoms with van der Waals surface area (Å²) in [6, 6.07) is 6.64. The molecular formula is C20H26N6O6. The molecular weight excluding hydrogens is 420 g/mol. The number of nitrogens with one attached hydrogen (secondary N) is 2. The molecule has 1 aliphatic heterocycles. The molecule has 1 aromatic rings. The molecule has 5 atom stereocenters. The first-order valence-electron chi connectivity index (χ1n) is 9.65. The normalized spacial score (nSPS) is 21.7. The van der Waals surface area contributed by atoms with Crippen LogP contribution in [0.15, 0.2) is 41.1 Å². The fourth-order valence-corrected chi connectivity index (χ4v) is 3.19. The Morgan fingerprint density at radius 3 is 2.59 bits per heavy atom. The molecule has 0 unspecified atom stereocenters. The van der Waals surface area contributed by atoms with Crippen LogP contribution in [0, 0.1) is 11.3 Å². The third-order valence-corrected chi connectivity index (χ3v) is 4.69. The Bertz CT molecular complexity index is 939. The van der Waals surface area contributed by atoms with Gasteiger partial charge in [0.05, 0.1) is 30.3 Å². The minimum Gasteiger partial charge on any atom is -0.480 e. The molecule has 0 bridgehead atoms. The summed E-state index contributed by atoms with van der Waals surface area (Å²) in [5.41, 5.74) is 11.9. The van der Waals surface area contributed by atoms with Crippen molar-refractivity contribution in [2.24, 2.45) is 16.5 Å². The summed E-state index contributed by atoms with van der Waals surface area (Å²) in [6.45, 7) is 0.436. The van der Waals surface area contributed by atoms with Crippen LogP contribution in [0.25, 0.3) is 0 Å². The van der Waals surface area contributed by atoms with Crippen LogP contribution in [-0.2, 0) is 20.9 Å². The van der Waals surface area contributed by atoms with Gasteiger partial charge in [0.1, 0.15) is 18.3 Å². The Hall–Kier alpha value is -3.66. The SMILES string of the molecule is CC(=O)N[C@H]1[C@H]([C@H](O)[C@H](O)CO)OC(C(=O)NCc2ccccc2C#N)=C[C@@H]1N=C(N)N. The Balaban J connectivity index is 2.34. The van der Waals surface area contributed by atoms with E-state index in [1.165, 1.54) is 13.0 Å². The third-order valence-electron chi connectivity index (χ3n) is 4.69. The maximum Gasteiger partial charge on any atom is 0.286 e. The fourth-order valence-electron chi connectivity index (χ4n) is 3.19. The van der Waals surface area contributed by atoms with Crippen molar-refractivity contribution >= 4 is 17.8 Å². The molecule has 1 heterocycles. The van der Waals surface area contributed by atoms with Crippen molar-refractivity contribution in [1.29, 1.82) is 5.26 Å². The summed E-state index contributed by atoms with van der Waals surface area (Å²) in [7, 11) is 0. The lowest BCUT2D eigenvalue weighted by Crippen LogP contribution is -2.60. The monoisotopic (exact) mass is 446 g/mol. The first-order valence-corrected chi connectivity index (χ1v) is 9.65. The van der Waals surface area contributed by atoms with Gasteiger partial charge >= 0.3 is 0 Å². The van der Waals surface area contributed by atoms with Crippen LogP contribution >= 0.6 is 0 Å². The van der Waals surface area contributed by atoms with E-state index in [-0.39, 0.29) is 18.3 Å². The van der Waals surface area contributed by atoms with Crippen LogP contribution in [-0.4, -0.2) is 70.1 Å². The quantitative estimate of drug-likeness (QED) is 0.163. The molecule has 32 heavy (non-hydrogen) atoms. The maximum absolute atomic E-state index is 12.8. The lowest BCUT2D eigenvalue weighted by Gasteiger charge is -2.39. The second-order valence-corrected chi connectivity index (χ2v) is 7.08. The predicted molar refractivity (Wildman–Crippen MR) is 112 cm³/mol. The predicted octanol–water partition coefficient (Wildman–Crippen LogP) is -2.68. The van der Waals surface area contributed by atoms with Crippen molar-refractivity contribution in [1.82, 2.24) is 10.6 Å². The molecule has 12 heteroatoms. The molecule has 12 nitrogen and oxygen atoms in total. The van der Waals surface area contributed by atoms with Crippen molar-refractivity contribution in [3.63, 3.8) is 0 Å². The van der Waals surface area contributed by atoms with E-state index >= 15 is 0 Å². The smallest absolute Gasteiger partial charge is 0.286 e. The molecule has 1 aliphatic rings. The van der Waals surface area contributed by atoms with Gasteiger partial charge < -0.3 is 42.2 Å². The van der Waals surface area contributed by atoms with Crippen LogP contribution < -0.4 is 22.1 Å². The number of aliphatic hydroxyl groups is 3. The van der Waals surface area contributed by atoms with Crippen molar-refractivity contribution < 1.29 is 29.6 Å². The molecule has 0 spiro atoms. The number of ether oxygens (including phenoxy) is 1.